The van der Waals surface area contributed by atoms with Gasteiger partial charge < -0.3 is 15.4 Å². The van der Waals surface area contributed by atoms with Crippen LogP contribution < -0.4 is 15.4 Å². The van der Waals surface area contributed by atoms with Crippen molar-refractivity contribution in [3.63, 3.8) is 0 Å². The molecule has 2 aromatic rings. The Hall–Kier alpha value is -2.63. The number of ether oxygens (including phenoxy) is 1. The monoisotopic (exact) mass is 302 g/mol. The molecular weight excluding hydrogens is 283 g/mol. The molecule has 0 fully saturated rings. The summed E-state index contributed by atoms with van der Waals surface area (Å²) >= 11 is 0. The van der Waals surface area contributed by atoms with E-state index < -0.39 is 0 Å². The lowest BCUT2D eigenvalue weighted by atomic mass is 10.2. The summed E-state index contributed by atoms with van der Waals surface area (Å²) in [5.41, 5.74) is 0.856. The summed E-state index contributed by atoms with van der Waals surface area (Å²) in [6.45, 7) is 1.59. The highest BCUT2D eigenvalue weighted by Gasteiger charge is 1.99. The number of aliphatic imine (C=N–C) groups is 1. The number of guanidine groups is 1. The van der Waals surface area contributed by atoms with Gasteiger partial charge in [-0.05, 0) is 29.8 Å². The minimum atomic E-state index is -0.243. The summed E-state index contributed by atoms with van der Waals surface area (Å²) in [7, 11) is 1.68. The van der Waals surface area contributed by atoms with Crippen LogP contribution in [0, 0.1) is 5.82 Å². The van der Waals surface area contributed by atoms with Gasteiger partial charge >= 0.3 is 0 Å². The van der Waals surface area contributed by atoms with Gasteiger partial charge in [-0.25, -0.2) is 4.39 Å². The molecule has 1 aromatic carbocycles. The lowest BCUT2D eigenvalue weighted by Gasteiger charge is -2.12. The molecule has 2 rings (SSSR count). The number of halogens is 1. The van der Waals surface area contributed by atoms with Crippen molar-refractivity contribution in [2.45, 2.75) is 6.54 Å². The molecule has 0 bridgehead atoms. The molecule has 1 aromatic heterocycles. The highest BCUT2D eigenvalue weighted by atomic mass is 19.1. The molecule has 0 unspecified atom stereocenters. The second-order valence-corrected chi connectivity index (χ2v) is 4.52. The fraction of sp³-hybridized carbons (Fsp3) is 0.250. The summed E-state index contributed by atoms with van der Waals surface area (Å²) in [5.74, 6) is 1.12. The average molecular weight is 302 g/mol. The summed E-state index contributed by atoms with van der Waals surface area (Å²) in [6.07, 6.45) is 3.36. The number of aromatic nitrogens is 1. The van der Waals surface area contributed by atoms with Gasteiger partial charge in [-0.3, -0.25) is 9.98 Å². The lowest BCUT2D eigenvalue weighted by molar-refractivity contribution is 0.320. The third-order valence-corrected chi connectivity index (χ3v) is 2.87. The largest absolute Gasteiger partial charge is 0.490 e. The van der Waals surface area contributed by atoms with E-state index in [0.29, 0.717) is 25.7 Å². The molecule has 0 spiro atoms. The maximum Gasteiger partial charge on any atom is 0.191 e. The molecule has 0 radical (unpaired) electrons. The molecule has 2 N–H and O–H groups in total. The van der Waals surface area contributed by atoms with Gasteiger partial charge in [0.25, 0.3) is 0 Å². The van der Waals surface area contributed by atoms with E-state index in [0.717, 1.165) is 11.3 Å². The smallest absolute Gasteiger partial charge is 0.191 e. The zero-order valence-electron chi connectivity index (χ0n) is 12.4. The van der Waals surface area contributed by atoms with E-state index in [1.165, 1.54) is 12.1 Å². The van der Waals surface area contributed by atoms with E-state index in [1.54, 1.807) is 25.5 Å². The van der Waals surface area contributed by atoms with Gasteiger partial charge in [0.2, 0.25) is 0 Å². The Kier molecular flexibility index (Phi) is 6.17. The third-order valence-electron chi connectivity index (χ3n) is 2.87. The number of hydrogen-bond donors (Lipinski definition) is 2. The topological polar surface area (TPSA) is 58.5 Å². The third kappa shape index (κ3) is 5.40. The molecule has 1 heterocycles. The van der Waals surface area contributed by atoms with Crippen LogP contribution >= 0.6 is 0 Å². The normalized spacial score (nSPS) is 11.1. The summed E-state index contributed by atoms with van der Waals surface area (Å²) in [4.78, 5) is 8.08. The van der Waals surface area contributed by atoms with Crippen molar-refractivity contribution in [1.82, 2.24) is 15.6 Å². The van der Waals surface area contributed by atoms with Gasteiger partial charge in [0, 0.05) is 19.8 Å². The number of hydrogen-bond acceptors (Lipinski definition) is 3. The molecule has 0 amide bonds. The SMILES string of the molecule is CN=C(NCCOc1cccnc1)NCc1cccc(F)c1. The van der Waals surface area contributed by atoms with E-state index in [4.69, 9.17) is 4.74 Å². The van der Waals surface area contributed by atoms with Crippen LogP contribution in [0.2, 0.25) is 0 Å². The molecule has 0 aliphatic heterocycles. The van der Waals surface area contributed by atoms with Crippen LogP contribution in [-0.2, 0) is 6.54 Å². The Balaban J connectivity index is 1.69. The molecule has 0 saturated heterocycles. The zero-order valence-corrected chi connectivity index (χ0v) is 12.4. The molecule has 0 atom stereocenters. The van der Waals surface area contributed by atoms with Crippen LogP contribution in [0.3, 0.4) is 0 Å². The summed E-state index contributed by atoms with van der Waals surface area (Å²) < 4.78 is 18.6. The maximum atomic E-state index is 13.1. The van der Waals surface area contributed by atoms with Crippen LogP contribution in [0.1, 0.15) is 5.56 Å². The Morgan fingerprint density at radius 2 is 2.18 bits per heavy atom. The van der Waals surface area contributed by atoms with Crippen LogP contribution in [0.5, 0.6) is 5.75 Å². The highest BCUT2D eigenvalue weighted by Crippen LogP contribution is 2.05. The first kappa shape index (κ1) is 15.8. The molecule has 22 heavy (non-hydrogen) atoms. The quantitative estimate of drug-likeness (QED) is 0.486. The standard InChI is InChI=1S/C16H19FN4O/c1-18-16(21-11-13-4-2-5-14(17)10-13)20-8-9-22-15-6-3-7-19-12-15/h2-7,10,12H,8-9,11H2,1H3,(H2,18,20,21). The molecule has 0 saturated carbocycles. The van der Waals surface area contributed by atoms with Crippen molar-refractivity contribution in [1.29, 1.82) is 0 Å². The Labute approximate surface area is 129 Å². The van der Waals surface area contributed by atoms with E-state index in [1.807, 2.05) is 18.2 Å². The van der Waals surface area contributed by atoms with E-state index >= 15 is 0 Å². The van der Waals surface area contributed by atoms with Crippen molar-refractivity contribution >= 4 is 5.96 Å². The predicted molar refractivity (Wildman–Crippen MR) is 84.3 cm³/mol. The molecular formula is C16H19FN4O. The summed E-state index contributed by atoms with van der Waals surface area (Å²) in [5, 5.41) is 6.24. The van der Waals surface area contributed by atoms with Gasteiger partial charge in [0.05, 0.1) is 12.7 Å². The van der Waals surface area contributed by atoms with Gasteiger partial charge in [-0.15, -0.1) is 0 Å². The Bertz CT molecular complexity index is 604. The van der Waals surface area contributed by atoms with Gasteiger partial charge in [-0.1, -0.05) is 12.1 Å². The van der Waals surface area contributed by atoms with Crippen LogP contribution in [0.15, 0.2) is 53.8 Å². The van der Waals surface area contributed by atoms with Crippen LogP contribution in [-0.4, -0.2) is 31.1 Å². The van der Waals surface area contributed by atoms with Gasteiger partial charge in [0.15, 0.2) is 5.96 Å². The second kappa shape index (κ2) is 8.61. The molecule has 0 aliphatic rings. The Morgan fingerprint density at radius 1 is 1.27 bits per heavy atom. The predicted octanol–water partition coefficient (Wildman–Crippen LogP) is 1.96. The maximum absolute atomic E-state index is 13.1. The molecule has 0 aliphatic carbocycles. The molecule has 116 valence electrons. The van der Waals surface area contributed by atoms with E-state index in [9.17, 15) is 4.39 Å². The van der Waals surface area contributed by atoms with E-state index in [-0.39, 0.29) is 5.82 Å². The fourth-order valence-corrected chi connectivity index (χ4v) is 1.82. The fourth-order valence-electron chi connectivity index (χ4n) is 1.82. The number of nitrogens with zero attached hydrogens (tertiary/aromatic N) is 2. The van der Waals surface area contributed by atoms with Gasteiger partial charge in [-0.2, -0.15) is 0 Å². The van der Waals surface area contributed by atoms with E-state index in [2.05, 4.69) is 20.6 Å². The number of benzene rings is 1. The van der Waals surface area contributed by atoms with Crippen molar-refractivity contribution in [3.8, 4) is 5.75 Å². The first-order chi connectivity index (χ1) is 10.8. The number of pyridine rings is 1. The first-order valence-electron chi connectivity index (χ1n) is 7.00. The Morgan fingerprint density at radius 3 is 2.91 bits per heavy atom. The minimum absolute atomic E-state index is 0.243. The minimum Gasteiger partial charge on any atom is -0.490 e. The van der Waals surface area contributed by atoms with Crippen molar-refractivity contribution in [2.75, 3.05) is 20.2 Å². The molecule has 6 heteroatoms. The van der Waals surface area contributed by atoms with Crippen molar-refractivity contribution in [2.24, 2.45) is 4.99 Å². The van der Waals surface area contributed by atoms with Crippen LogP contribution in [0.25, 0.3) is 0 Å². The average Bonchev–Trinajstić information content (AvgIpc) is 2.55. The highest BCUT2D eigenvalue weighted by molar-refractivity contribution is 5.79. The van der Waals surface area contributed by atoms with Crippen molar-refractivity contribution in [3.05, 3.63) is 60.2 Å². The number of rotatable bonds is 6. The lowest BCUT2D eigenvalue weighted by Crippen LogP contribution is -2.38. The van der Waals surface area contributed by atoms with Gasteiger partial charge in [0.1, 0.15) is 18.2 Å². The number of nitrogens with one attached hydrogen (secondary N) is 2. The van der Waals surface area contributed by atoms with Crippen LogP contribution in [0.4, 0.5) is 4.39 Å². The molecule has 5 nitrogen and oxygen atoms in total. The summed E-state index contributed by atoms with van der Waals surface area (Å²) in [6, 6.07) is 10.1. The van der Waals surface area contributed by atoms with Crippen molar-refractivity contribution < 1.29 is 9.13 Å². The second-order valence-electron chi connectivity index (χ2n) is 4.52. The zero-order chi connectivity index (χ0) is 15.6. The first-order valence-corrected chi connectivity index (χ1v) is 7.00.